The highest BCUT2D eigenvalue weighted by Gasteiger charge is 2.01. The highest BCUT2D eigenvalue weighted by Crippen LogP contribution is 2.17. The molecule has 0 bridgehead atoms. The average molecular weight is 224 g/mol. The molecule has 0 rings (SSSR count). The van der Waals surface area contributed by atoms with Gasteiger partial charge in [-0.15, -0.1) is 6.58 Å². The van der Waals surface area contributed by atoms with Crippen molar-refractivity contribution in [2.75, 3.05) is 0 Å². The molecule has 0 aliphatic heterocycles. The molecule has 0 heterocycles. The Morgan fingerprint density at radius 1 is 0.875 bits per heavy atom. The van der Waals surface area contributed by atoms with Gasteiger partial charge in [-0.2, -0.15) is 0 Å². The lowest BCUT2D eigenvalue weighted by Crippen LogP contribution is -1.95. The zero-order chi connectivity index (χ0) is 12.1. The predicted molar refractivity (Wildman–Crippen MR) is 75.8 cm³/mol. The molecule has 16 heavy (non-hydrogen) atoms. The number of hydrogen-bond donors (Lipinski definition) is 0. The van der Waals surface area contributed by atoms with Gasteiger partial charge in [-0.05, 0) is 18.8 Å². The summed E-state index contributed by atoms with van der Waals surface area (Å²) in [5.41, 5.74) is 0. The van der Waals surface area contributed by atoms with E-state index in [2.05, 4.69) is 20.4 Å². The Morgan fingerprint density at radius 3 is 2.00 bits per heavy atom. The maximum atomic E-state index is 3.76. The molecular formula is C16H32. The van der Waals surface area contributed by atoms with Crippen molar-refractivity contribution >= 4 is 0 Å². The van der Waals surface area contributed by atoms with Gasteiger partial charge in [0.1, 0.15) is 0 Å². The number of unbranched alkanes of at least 4 members (excludes halogenated alkanes) is 7. The fourth-order valence-electron chi connectivity index (χ4n) is 2.20. The topological polar surface area (TPSA) is 0 Å². The van der Waals surface area contributed by atoms with Crippen LogP contribution in [0.1, 0.15) is 84.5 Å². The van der Waals surface area contributed by atoms with Gasteiger partial charge < -0.3 is 0 Å². The van der Waals surface area contributed by atoms with Crippen molar-refractivity contribution < 1.29 is 0 Å². The molecule has 0 aromatic heterocycles. The summed E-state index contributed by atoms with van der Waals surface area (Å²) in [4.78, 5) is 0. The molecule has 0 heteroatoms. The molecule has 0 aliphatic rings. The van der Waals surface area contributed by atoms with E-state index >= 15 is 0 Å². The van der Waals surface area contributed by atoms with Gasteiger partial charge >= 0.3 is 0 Å². The van der Waals surface area contributed by atoms with Crippen LogP contribution in [0.5, 0.6) is 0 Å². The van der Waals surface area contributed by atoms with E-state index in [0.29, 0.717) is 0 Å². The second-order valence-electron chi connectivity index (χ2n) is 5.23. The molecule has 0 fully saturated rings. The molecule has 0 aromatic carbocycles. The Hall–Kier alpha value is -0.260. The Morgan fingerprint density at radius 2 is 1.44 bits per heavy atom. The average Bonchev–Trinajstić information content (AvgIpc) is 2.29. The van der Waals surface area contributed by atoms with Gasteiger partial charge in [0.25, 0.3) is 0 Å². The molecule has 1 unspecified atom stereocenters. The van der Waals surface area contributed by atoms with Crippen molar-refractivity contribution in [3.05, 3.63) is 12.7 Å². The molecule has 0 aromatic rings. The van der Waals surface area contributed by atoms with Crippen molar-refractivity contribution in [1.82, 2.24) is 0 Å². The van der Waals surface area contributed by atoms with Gasteiger partial charge in [0.15, 0.2) is 0 Å². The second-order valence-corrected chi connectivity index (χ2v) is 5.23. The Bertz CT molecular complexity index is 137. The minimum atomic E-state index is 0.955. The van der Waals surface area contributed by atoms with Crippen LogP contribution in [0, 0.1) is 5.92 Å². The van der Waals surface area contributed by atoms with Gasteiger partial charge in [-0.25, -0.2) is 0 Å². The van der Waals surface area contributed by atoms with E-state index in [9.17, 15) is 0 Å². The molecule has 0 nitrogen and oxygen atoms in total. The summed E-state index contributed by atoms with van der Waals surface area (Å²) < 4.78 is 0. The first-order valence-corrected chi connectivity index (χ1v) is 7.42. The van der Waals surface area contributed by atoms with E-state index in [-0.39, 0.29) is 0 Å². The lowest BCUT2D eigenvalue weighted by molar-refractivity contribution is 0.435. The van der Waals surface area contributed by atoms with Gasteiger partial charge in [0, 0.05) is 0 Å². The van der Waals surface area contributed by atoms with E-state index in [1.807, 2.05) is 6.08 Å². The number of rotatable bonds is 12. The highest BCUT2D eigenvalue weighted by molar-refractivity contribution is 4.65. The monoisotopic (exact) mass is 224 g/mol. The summed E-state index contributed by atoms with van der Waals surface area (Å²) in [6, 6.07) is 0. The largest absolute Gasteiger partial charge is 0.103 e. The zero-order valence-electron chi connectivity index (χ0n) is 11.6. The van der Waals surface area contributed by atoms with Crippen LogP contribution in [0.3, 0.4) is 0 Å². The van der Waals surface area contributed by atoms with Crippen molar-refractivity contribution in [3.8, 4) is 0 Å². The van der Waals surface area contributed by atoms with Crippen LogP contribution in [0.15, 0.2) is 12.7 Å². The van der Waals surface area contributed by atoms with Crippen LogP contribution in [0.25, 0.3) is 0 Å². The minimum absolute atomic E-state index is 0.955. The third kappa shape index (κ3) is 11.8. The van der Waals surface area contributed by atoms with Crippen LogP contribution in [-0.2, 0) is 0 Å². The second kappa shape index (κ2) is 12.8. The molecular weight excluding hydrogens is 192 g/mol. The summed E-state index contributed by atoms with van der Waals surface area (Å²) in [6.45, 7) is 8.47. The molecule has 0 N–H and O–H groups in total. The van der Waals surface area contributed by atoms with Crippen LogP contribution in [-0.4, -0.2) is 0 Å². The standard InChI is InChI=1S/C16H32/c1-4-6-8-10-11-13-15-16(3)14-12-9-7-5-2/h4,16H,1,5-15H2,2-3H3. The van der Waals surface area contributed by atoms with Crippen molar-refractivity contribution in [3.63, 3.8) is 0 Å². The van der Waals surface area contributed by atoms with Gasteiger partial charge in [-0.3, -0.25) is 0 Å². The quantitative estimate of drug-likeness (QED) is 0.277. The summed E-state index contributed by atoms with van der Waals surface area (Å²) in [6.07, 6.45) is 17.4. The van der Waals surface area contributed by atoms with Crippen LogP contribution >= 0.6 is 0 Å². The molecule has 0 radical (unpaired) electrons. The molecule has 0 spiro atoms. The molecule has 0 amide bonds. The maximum absolute atomic E-state index is 3.76. The Balaban J connectivity index is 3.10. The molecule has 96 valence electrons. The summed E-state index contributed by atoms with van der Waals surface area (Å²) in [7, 11) is 0. The van der Waals surface area contributed by atoms with Crippen LogP contribution in [0.2, 0.25) is 0 Å². The lowest BCUT2D eigenvalue weighted by Gasteiger charge is -2.10. The van der Waals surface area contributed by atoms with Crippen molar-refractivity contribution in [2.24, 2.45) is 5.92 Å². The highest BCUT2D eigenvalue weighted by atomic mass is 14.1. The van der Waals surface area contributed by atoms with Gasteiger partial charge in [-0.1, -0.05) is 77.7 Å². The van der Waals surface area contributed by atoms with Crippen LogP contribution < -0.4 is 0 Å². The summed E-state index contributed by atoms with van der Waals surface area (Å²) in [5, 5.41) is 0. The molecule has 0 saturated heterocycles. The van der Waals surface area contributed by atoms with E-state index in [1.165, 1.54) is 70.6 Å². The smallest absolute Gasteiger partial charge is 0.0353 e. The van der Waals surface area contributed by atoms with E-state index < -0.39 is 0 Å². The first-order chi connectivity index (χ1) is 7.81. The van der Waals surface area contributed by atoms with Crippen molar-refractivity contribution in [1.29, 1.82) is 0 Å². The molecule has 0 saturated carbocycles. The van der Waals surface area contributed by atoms with E-state index in [1.54, 1.807) is 0 Å². The Labute approximate surface area is 104 Å². The fourth-order valence-corrected chi connectivity index (χ4v) is 2.20. The maximum Gasteiger partial charge on any atom is -0.0353 e. The van der Waals surface area contributed by atoms with E-state index in [0.717, 1.165) is 5.92 Å². The van der Waals surface area contributed by atoms with Gasteiger partial charge in [0.2, 0.25) is 0 Å². The fraction of sp³-hybridized carbons (Fsp3) is 0.875. The summed E-state index contributed by atoms with van der Waals surface area (Å²) in [5.74, 6) is 0.955. The zero-order valence-corrected chi connectivity index (χ0v) is 11.6. The van der Waals surface area contributed by atoms with E-state index in [4.69, 9.17) is 0 Å². The van der Waals surface area contributed by atoms with Gasteiger partial charge in [0.05, 0.1) is 0 Å². The SMILES string of the molecule is C=CCCCCCCC(C)CCCCCC. The summed E-state index contributed by atoms with van der Waals surface area (Å²) >= 11 is 0. The van der Waals surface area contributed by atoms with Crippen molar-refractivity contribution in [2.45, 2.75) is 84.5 Å². The molecule has 0 aliphatic carbocycles. The predicted octanol–water partition coefficient (Wildman–Crippen LogP) is 6.12. The Kier molecular flexibility index (Phi) is 12.6. The number of allylic oxidation sites excluding steroid dienone is 1. The first-order valence-electron chi connectivity index (χ1n) is 7.42. The molecule has 1 atom stereocenters. The third-order valence-corrected chi connectivity index (χ3v) is 3.41. The minimum Gasteiger partial charge on any atom is -0.103 e. The first kappa shape index (κ1) is 15.7. The van der Waals surface area contributed by atoms with Crippen LogP contribution in [0.4, 0.5) is 0 Å². The normalized spacial score (nSPS) is 12.6. The third-order valence-electron chi connectivity index (χ3n) is 3.41. The lowest BCUT2D eigenvalue weighted by atomic mass is 9.96. The number of hydrogen-bond acceptors (Lipinski definition) is 0.